The highest BCUT2D eigenvalue weighted by molar-refractivity contribution is 9.10. The highest BCUT2D eigenvalue weighted by Gasteiger charge is 2.26. The zero-order valence-electron chi connectivity index (χ0n) is 12.8. The van der Waals surface area contributed by atoms with Crippen molar-refractivity contribution in [2.75, 3.05) is 11.4 Å². The second-order valence-corrected chi connectivity index (χ2v) is 6.57. The maximum atomic E-state index is 12.9. The summed E-state index contributed by atoms with van der Waals surface area (Å²) in [5.41, 5.74) is 3.22. The third kappa shape index (κ3) is 2.73. The molecule has 0 unspecified atom stereocenters. The quantitative estimate of drug-likeness (QED) is 0.668. The average Bonchev–Trinajstić information content (AvgIpc) is 3.11. The van der Waals surface area contributed by atoms with Crippen LogP contribution in [-0.2, 0) is 6.42 Å². The molecule has 120 valence electrons. The van der Waals surface area contributed by atoms with Crippen LogP contribution in [0.5, 0.6) is 0 Å². The Kier molecular flexibility index (Phi) is 3.90. The van der Waals surface area contributed by atoms with Gasteiger partial charge in [0, 0.05) is 40.7 Å². The van der Waals surface area contributed by atoms with Crippen molar-refractivity contribution in [3.63, 3.8) is 0 Å². The number of benzene rings is 1. The number of aromatic nitrogens is 2. The van der Waals surface area contributed by atoms with E-state index in [1.165, 1.54) is 5.56 Å². The summed E-state index contributed by atoms with van der Waals surface area (Å²) < 4.78 is 6.35. The molecule has 6 heteroatoms. The predicted molar refractivity (Wildman–Crippen MR) is 93.9 cm³/mol. The molecule has 24 heavy (non-hydrogen) atoms. The van der Waals surface area contributed by atoms with Gasteiger partial charge < -0.3 is 9.42 Å². The van der Waals surface area contributed by atoms with Gasteiger partial charge in [0.25, 0.3) is 5.91 Å². The number of amides is 1. The number of halogens is 1. The molecule has 0 saturated heterocycles. The number of carbonyl (C=O) groups is 1. The number of anilines is 1. The lowest BCUT2D eigenvalue weighted by atomic mass is 10.0. The molecule has 3 heterocycles. The van der Waals surface area contributed by atoms with Crippen LogP contribution in [0.4, 0.5) is 5.69 Å². The molecule has 1 aliphatic rings. The molecule has 0 saturated carbocycles. The number of nitrogens with zero attached hydrogens (tertiary/aromatic N) is 3. The zero-order chi connectivity index (χ0) is 16.5. The molecule has 0 bridgehead atoms. The van der Waals surface area contributed by atoms with Gasteiger partial charge in [-0.05, 0) is 48.7 Å². The minimum atomic E-state index is -0.142. The maximum Gasteiger partial charge on any atom is 0.280 e. The Balaban J connectivity index is 1.65. The highest BCUT2D eigenvalue weighted by atomic mass is 79.9. The van der Waals surface area contributed by atoms with E-state index in [-0.39, 0.29) is 5.91 Å². The topological polar surface area (TPSA) is 59.2 Å². The first kappa shape index (κ1) is 15.1. The molecule has 0 N–H and O–H groups in total. The zero-order valence-corrected chi connectivity index (χ0v) is 14.4. The molecule has 0 aliphatic carbocycles. The number of carbonyl (C=O) groups excluding carboxylic acids is 1. The molecule has 5 nitrogen and oxygen atoms in total. The monoisotopic (exact) mass is 383 g/mol. The third-order valence-electron chi connectivity index (χ3n) is 4.08. The van der Waals surface area contributed by atoms with E-state index in [0.29, 0.717) is 18.0 Å². The molecule has 1 aromatic carbocycles. The van der Waals surface area contributed by atoms with Gasteiger partial charge in [-0.15, -0.1) is 0 Å². The van der Waals surface area contributed by atoms with Gasteiger partial charge in [-0.1, -0.05) is 21.1 Å². The Hall–Kier alpha value is -2.47. The van der Waals surface area contributed by atoms with E-state index in [0.717, 1.165) is 28.6 Å². The summed E-state index contributed by atoms with van der Waals surface area (Å²) in [6.07, 6.45) is 5.28. The Morgan fingerprint density at radius 1 is 1.25 bits per heavy atom. The molecular formula is C18H14BrN3O2. The fourth-order valence-electron chi connectivity index (χ4n) is 2.94. The van der Waals surface area contributed by atoms with Crippen molar-refractivity contribution < 1.29 is 9.32 Å². The number of hydrogen-bond acceptors (Lipinski definition) is 4. The fourth-order valence-corrected chi connectivity index (χ4v) is 3.34. The molecule has 4 rings (SSSR count). The molecule has 0 spiro atoms. The molecule has 3 aromatic rings. The van der Waals surface area contributed by atoms with Crippen LogP contribution < -0.4 is 4.90 Å². The van der Waals surface area contributed by atoms with Crippen LogP contribution in [0.1, 0.15) is 22.5 Å². The number of rotatable bonds is 2. The van der Waals surface area contributed by atoms with E-state index >= 15 is 0 Å². The summed E-state index contributed by atoms with van der Waals surface area (Å²) in [5.74, 6) is 0.400. The minimum absolute atomic E-state index is 0.142. The fraction of sp³-hybridized carbons (Fsp3) is 0.167. The van der Waals surface area contributed by atoms with E-state index in [4.69, 9.17) is 4.52 Å². The van der Waals surface area contributed by atoms with Crippen LogP contribution in [-0.4, -0.2) is 22.6 Å². The standard InChI is InChI=1S/C18H14BrN3O2/c19-14-5-6-16-12(9-14)4-2-8-22(16)18(23)15-10-17(24-21-15)13-3-1-7-20-11-13/h1,3,5-7,9-11H,2,4,8H2. The normalized spacial score (nSPS) is 13.6. The smallest absolute Gasteiger partial charge is 0.280 e. The van der Waals surface area contributed by atoms with Crippen LogP contribution in [0.2, 0.25) is 0 Å². The van der Waals surface area contributed by atoms with Crippen LogP contribution in [0, 0.1) is 0 Å². The number of hydrogen-bond donors (Lipinski definition) is 0. The Bertz CT molecular complexity index is 892. The van der Waals surface area contributed by atoms with Crippen molar-refractivity contribution >= 4 is 27.5 Å². The van der Waals surface area contributed by atoms with Crippen molar-refractivity contribution in [1.82, 2.24) is 10.1 Å². The second-order valence-electron chi connectivity index (χ2n) is 5.65. The van der Waals surface area contributed by atoms with Gasteiger partial charge in [0.05, 0.1) is 0 Å². The summed E-state index contributed by atoms with van der Waals surface area (Å²) in [4.78, 5) is 18.7. The maximum absolute atomic E-state index is 12.9. The molecule has 0 atom stereocenters. The van der Waals surface area contributed by atoms with Gasteiger partial charge >= 0.3 is 0 Å². The van der Waals surface area contributed by atoms with Gasteiger partial charge in [-0.2, -0.15) is 0 Å². The van der Waals surface area contributed by atoms with Gasteiger partial charge in [0.15, 0.2) is 11.5 Å². The molecule has 2 aromatic heterocycles. The first-order valence-corrected chi connectivity index (χ1v) is 8.49. The van der Waals surface area contributed by atoms with E-state index in [1.54, 1.807) is 23.4 Å². The van der Waals surface area contributed by atoms with Crippen LogP contribution in [0.3, 0.4) is 0 Å². The molecule has 1 aliphatic heterocycles. The van der Waals surface area contributed by atoms with Crippen molar-refractivity contribution in [2.24, 2.45) is 0 Å². The third-order valence-corrected chi connectivity index (χ3v) is 4.57. The van der Waals surface area contributed by atoms with Crippen molar-refractivity contribution in [3.05, 3.63) is 64.5 Å². The van der Waals surface area contributed by atoms with E-state index in [2.05, 4.69) is 32.1 Å². The Morgan fingerprint density at radius 3 is 3.00 bits per heavy atom. The predicted octanol–water partition coefficient (Wildman–Crippen LogP) is 4.09. The summed E-state index contributed by atoms with van der Waals surface area (Å²) >= 11 is 3.48. The second kappa shape index (κ2) is 6.20. The Labute approximate surface area is 147 Å². The van der Waals surface area contributed by atoms with Gasteiger partial charge in [0.2, 0.25) is 0 Å². The van der Waals surface area contributed by atoms with Crippen molar-refractivity contribution in [1.29, 1.82) is 0 Å². The largest absolute Gasteiger partial charge is 0.355 e. The summed E-state index contributed by atoms with van der Waals surface area (Å²) in [7, 11) is 0. The SMILES string of the molecule is O=C(c1cc(-c2cccnc2)on1)N1CCCc2cc(Br)ccc21. The molecule has 0 radical (unpaired) electrons. The summed E-state index contributed by atoms with van der Waals surface area (Å²) in [6, 6.07) is 11.4. The van der Waals surface area contributed by atoms with Crippen LogP contribution >= 0.6 is 15.9 Å². The molecule has 1 amide bonds. The van der Waals surface area contributed by atoms with Crippen molar-refractivity contribution in [2.45, 2.75) is 12.8 Å². The Morgan fingerprint density at radius 2 is 2.17 bits per heavy atom. The lowest BCUT2D eigenvalue weighted by Crippen LogP contribution is -2.35. The lowest BCUT2D eigenvalue weighted by Gasteiger charge is -2.28. The highest BCUT2D eigenvalue weighted by Crippen LogP contribution is 2.31. The van der Waals surface area contributed by atoms with Crippen molar-refractivity contribution in [3.8, 4) is 11.3 Å². The lowest BCUT2D eigenvalue weighted by molar-refractivity contribution is 0.0976. The first-order valence-electron chi connectivity index (χ1n) is 7.70. The van der Waals surface area contributed by atoms with Crippen LogP contribution in [0.15, 0.2) is 57.8 Å². The van der Waals surface area contributed by atoms with Gasteiger partial charge in [-0.3, -0.25) is 9.78 Å². The number of pyridine rings is 1. The van der Waals surface area contributed by atoms with Gasteiger partial charge in [-0.25, -0.2) is 0 Å². The van der Waals surface area contributed by atoms with E-state index in [1.807, 2.05) is 24.3 Å². The van der Waals surface area contributed by atoms with E-state index < -0.39 is 0 Å². The summed E-state index contributed by atoms with van der Waals surface area (Å²) in [5, 5.41) is 3.95. The van der Waals surface area contributed by atoms with E-state index in [9.17, 15) is 4.79 Å². The summed E-state index contributed by atoms with van der Waals surface area (Å²) in [6.45, 7) is 0.683. The van der Waals surface area contributed by atoms with Crippen LogP contribution in [0.25, 0.3) is 11.3 Å². The molecular weight excluding hydrogens is 370 g/mol. The minimum Gasteiger partial charge on any atom is -0.355 e. The number of aryl methyl sites for hydroxylation is 1. The number of fused-ring (bicyclic) bond motifs is 1. The first-order chi connectivity index (χ1) is 11.7. The average molecular weight is 384 g/mol. The van der Waals surface area contributed by atoms with Gasteiger partial charge in [0.1, 0.15) is 0 Å². The molecule has 0 fully saturated rings.